The van der Waals surface area contributed by atoms with Crippen LogP contribution in [0.1, 0.15) is 16.7 Å². The fourth-order valence-corrected chi connectivity index (χ4v) is 3.97. The monoisotopic (exact) mass is 477 g/mol. The maximum absolute atomic E-state index is 13.6. The molecule has 6 nitrogen and oxygen atoms in total. The van der Waals surface area contributed by atoms with E-state index in [-0.39, 0.29) is 6.54 Å². The molecule has 1 aliphatic rings. The van der Waals surface area contributed by atoms with Gasteiger partial charge in [-0.25, -0.2) is 4.79 Å². The molecule has 1 heterocycles. The lowest BCUT2D eigenvalue weighted by Crippen LogP contribution is -2.45. The van der Waals surface area contributed by atoms with Crippen LogP contribution in [0.3, 0.4) is 0 Å². The van der Waals surface area contributed by atoms with E-state index in [0.717, 1.165) is 14.9 Å². The third kappa shape index (κ3) is 3.84. The quantitative estimate of drug-likeness (QED) is 0.540. The first kappa shape index (κ1) is 20.8. The smallest absolute Gasteiger partial charge is 0.325 e. The molecule has 0 saturated carbocycles. The number of aryl methyl sites for hydroxylation is 1. The Bertz CT molecular complexity index is 1110. The number of nitrogens with one attached hydrogen (secondary N) is 2. The lowest BCUT2D eigenvalue weighted by Gasteiger charge is -2.28. The fourth-order valence-electron chi connectivity index (χ4n) is 3.72. The number of carbonyl (C=O) groups excluding carboxylic acids is 3. The molecule has 0 bridgehead atoms. The number of benzene rings is 3. The molecule has 4 rings (SSSR count). The summed E-state index contributed by atoms with van der Waals surface area (Å²) >= 11 is 3.42. The van der Waals surface area contributed by atoms with Crippen molar-refractivity contribution in [3.8, 4) is 0 Å². The van der Waals surface area contributed by atoms with Crippen LogP contribution in [0.2, 0.25) is 0 Å². The Morgan fingerprint density at radius 1 is 0.968 bits per heavy atom. The largest absolute Gasteiger partial charge is 0.326 e. The molecule has 0 spiro atoms. The minimum atomic E-state index is -1.38. The van der Waals surface area contributed by atoms with Crippen LogP contribution in [0.4, 0.5) is 10.5 Å². The first-order valence-corrected chi connectivity index (χ1v) is 10.5. The van der Waals surface area contributed by atoms with Gasteiger partial charge in [-0.15, -0.1) is 0 Å². The summed E-state index contributed by atoms with van der Waals surface area (Å²) in [6.07, 6.45) is 0. The SMILES string of the molecule is Cc1cc(NC(=O)CN2C(=O)NC(c3ccccc3)(c3ccccc3)C2=O)ccc1Br. The predicted octanol–water partition coefficient (Wildman–Crippen LogP) is 4.19. The Hall–Kier alpha value is -3.45. The Morgan fingerprint density at radius 3 is 2.10 bits per heavy atom. The molecular formula is C24H20BrN3O3. The van der Waals surface area contributed by atoms with Gasteiger partial charge in [0, 0.05) is 10.2 Å². The molecule has 1 aliphatic heterocycles. The molecule has 0 atom stereocenters. The third-order valence-corrected chi connectivity index (χ3v) is 6.15. The van der Waals surface area contributed by atoms with Gasteiger partial charge in [0.1, 0.15) is 6.54 Å². The molecule has 0 radical (unpaired) electrons. The molecule has 3 aromatic carbocycles. The van der Waals surface area contributed by atoms with Crippen LogP contribution in [0.5, 0.6) is 0 Å². The number of hydrogen-bond donors (Lipinski definition) is 2. The Morgan fingerprint density at radius 2 is 1.55 bits per heavy atom. The predicted molar refractivity (Wildman–Crippen MR) is 121 cm³/mol. The van der Waals surface area contributed by atoms with Gasteiger partial charge in [-0.2, -0.15) is 0 Å². The van der Waals surface area contributed by atoms with E-state index >= 15 is 0 Å². The van der Waals surface area contributed by atoms with E-state index in [9.17, 15) is 14.4 Å². The van der Waals surface area contributed by atoms with Gasteiger partial charge in [-0.1, -0.05) is 76.6 Å². The molecule has 0 aliphatic carbocycles. The van der Waals surface area contributed by atoms with Crippen LogP contribution in [-0.2, 0) is 15.1 Å². The van der Waals surface area contributed by atoms with E-state index in [1.54, 1.807) is 30.3 Å². The van der Waals surface area contributed by atoms with E-state index < -0.39 is 23.4 Å². The summed E-state index contributed by atoms with van der Waals surface area (Å²) in [5, 5.41) is 5.59. The zero-order valence-corrected chi connectivity index (χ0v) is 18.3. The normalized spacial score (nSPS) is 15.0. The summed E-state index contributed by atoms with van der Waals surface area (Å²) < 4.78 is 0.926. The number of hydrogen-bond acceptors (Lipinski definition) is 3. The first-order valence-electron chi connectivity index (χ1n) is 9.73. The van der Waals surface area contributed by atoms with Crippen molar-refractivity contribution in [2.45, 2.75) is 12.5 Å². The van der Waals surface area contributed by atoms with Gasteiger partial charge in [0.05, 0.1) is 0 Å². The van der Waals surface area contributed by atoms with Gasteiger partial charge in [0.15, 0.2) is 5.54 Å². The van der Waals surface area contributed by atoms with Gasteiger partial charge in [-0.3, -0.25) is 14.5 Å². The standard InChI is InChI=1S/C24H20BrN3O3/c1-16-14-19(12-13-20(16)25)26-21(29)15-28-22(30)24(27-23(28)31,17-8-4-2-5-9-17)18-10-6-3-7-11-18/h2-14H,15H2,1H3,(H,26,29)(H,27,31). The second kappa shape index (κ2) is 8.35. The second-order valence-electron chi connectivity index (χ2n) is 7.32. The van der Waals surface area contributed by atoms with E-state index in [1.165, 1.54) is 0 Å². The molecule has 3 aromatic rings. The van der Waals surface area contributed by atoms with Crippen LogP contribution in [-0.4, -0.2) is 29.3 Å². The average molecular weight is 478 g/mol. The molecule has 0 aromatic heterocycles. The van der Waals surface area contributed by atoms with Crippen LogP contribution >= 0.6 is 15.9 Å². The van der Waals surface area contributed by atoms with Crippen molar-refractivity contribution in [1.82, 2.24) is 10.2 Å². The molecule has 156 valence electrons. The minimum absolute atomic E-state index is 0.388. The van der Waals surface area contributed by atoms with Crippen molar-refractivity contribution in [2.24, 2.45) is 0 Å². The van der Waals surface area contributed by atoms with Crippen LogP contribution < -0.4 is 10.6 Å². The van der Waals surface area contributed by atoms with Gasteiger partial charge in [-0.05, 0) is 41.8 Å². The lowest BCUT2D eigenvalue weighted by molar-refractivity contribution is -0.133. The molecular weight excluding hydrogens is 458 g/mol. The number of halogens is 1. The molecule has 2 N–H and O–H groups in total. The van der Waals surface area contributed by atoms with Gasteiger partial charge >= 0.3 is 6.03 Å². The Kier molecular flexibility index (Phi) is 5.61. The molecule has 0 unspecified atom stereocenters. The van der Waals surface area contributed by atoms with Crippen molar-refractivity contribution in [3.63, 3.8) is 0 Å². The van der Waals surface area contributed by atoms with Gasteiger partial charge in [0.25, 0.3) is 5.91 Å². The number of rotatable bonds is 5. The van der Waals surface area contributed by atoms with Gasteiger partial charge < -0.3 is 10.6 Å². The van der Waals surface area contributed by atoms with E-state index in [1.807, 2.05) is 55.5 Å². The Balaban J connectivity index is 1.63. The number of carbonyl (C=O) groups is 3. The highest BCUT2D eigenvalue weighted by molar-refractivity contribution is 9.10. The zero-order chi connectivity index (χ0) is 22.0. The zero-order valence-electron chi connectivity index (χ0n) is 16.8. The summed E-state index contributed by atoms with van der Waals surface area (Å²) in [6.45, 7) is 1.52. The first-order chi connectivity index (χ1) is 14.9. The number of anilines is 1. The van der Waals surface area contributed by atoms with Crippen molar-refractivity contribution in [3.05, 3.63) is 100 Å². The topological polar surface area (TPSA) is 78.5 Å². The summed E-state index contributed by atoms with van der Waals surface area (Å²) in [4.78, 5) is 40.0. The summed E-state index contributed by atoms with van der Waals surface area (Å²) in [6, 6.07) is 22.9. The summed E-state index contributed by atoms with van der Waals surface area (Å²) in [5.74, 6) is -0.945. The highest BCUT2D eigenvalue weighted by atomic mass is 79.9. The number of nitrogens with zero attached hydrogens (tertiary/aromatic N) is 1. The van der Waals surface area contributed by atoms with Crippen LogP contribution in [0, 0.1) is 6.92 Å². The van der Waals surface area contributed by atoms with Crippen molar-refractivity contribution >= 4 is 39.5 Å². The van der Waals surface area contributed by atoms with Gasteiger partial charge in [0.2, 0.25) is 5.91 Å². The summed E-state index contributed by atoms with van der Waals surface area (Å²) in [5.41, 5.74) is 1.43. The Labute approximate surface area is 188 Å². The maximum atomic E-state index is 13.6. The lowest BCUT2D eigenvalue weighted by atomic mass is 9.82. The van der Waals surface area contributed by atoms with E-state index in [2.05, 4.69) is 26.6 Å². The number of amides is 4. The summed E-state index contributed by atoms with van der Waals surface area (Å²) in [7, 11) is 0. The van der Waals surface area contributed by atoms with Crippen molar-refractivity contribution in [2.75, 3.05) is 11.9 Å². The molecule has 7 heteroatoms. The number of imide groups is 1. The molecule has 1 saturated heterocycles. The minimum Gasteiger partial charge on any atom is -0.325 e. The third-order valence-electron chi connectivity index (χ3n) is 5.26. The highest BCUT2D eigenvalue weighted by Gasteiger charge is 2.54. The van der Waals surface area contributed by atoms with Crippen molar-refractivity contribution < 1.29 is 14.4 Å². The molecule has 4 amide bonds. The fraction of sp³-hybridized carbons (Fsp3) is 0.125. The maximum Gasteiger partial charge on any atom is 0.326 e. The second-order valence-corrected chi connectivity index (χ2v) is 8.17. The molecule has 1 fully saturated rings. The van der Waals surface area contributed by atoms with E-state index in [0.29, 0.717) is 16.8 Å². The highest BCUT2D eigenvalue weighted by Crippen LogP contribution is 2.35. The number of urea groups is 1. The van der Waals surface area contributed by atoms with E-state index in [4.69, 9.17) is 0 Å². The van der Waals surface area contributed by atoms with Crippen LogP contribution in [0.25, 0.3) is 0 Å². The average Bonchev–Trinajstić information content (AvgIpc) is 3.03. The molecule has 31 heavy (non-hydrogen) atoms. The van der Waals surface area contributed by atoms with Crippen LogP contribution in [0.15, 0.2) is 83.3 Å². The van der Waals surface area contributed by atoms with Crippen molar-refractivity contribution in [1.29, 1.82) is 0 Å².